The monoisotopic (exact) mass is 307 g/mol. The van der Waals surface area contributed by atoms with Crippen molar-refractivity contribution in [1.29, 1.82) is 0 Å². The van der Waals surface area contributed by atoms with E-state index in [2.05, 4.69) is 5.32 Å². The molecule has 1 aromatic carbocycles. The van der Waals surface area contributed by atoms with E-state index in [1.807, 2.05) is 6.92 Å². The summed E-state index contributed by atoms with van der Waals surface area (Å²) in [6.45, 7) is 1.96. The SMILES string of the molecule is CCCC[C@@H](CCC(=O)Nc1cccc([N+](=O)[O-])c1)C(=O)[O-]. The molecule has 0 aliphatic carbocycles. The van der Waals surface area contributed by atoms with Gasteiger partial charge in [0.25, 0.3) is 5.69 Å². The van der Waals surface area contributed by atoms with E-state index in [1.54, 1.807) is 0 Å². The molecule has 0 radical (unpaired) electrons. The minimum Gasteiger partial charge on any atom is -0.550 e. The van der Waals surface area contributed by atoms with Crippen molar-refractivity contribution >= 4 is 23.3 Å². The molecule has 120 valence electrons. The Kier molecular flexibility index (Phi) is 7.01. The number of benzene rings is 1. The fourth-order valence-electron chi connectivity index (χ4n) is 2.06. The Morgan fingerprint density at radius 2 is 2.05 bits per heavy atom. The summed E-state index contributed by atoms with van der Waals surface area (Å²) in [7, 11) is 0. The highest BCUT2D eigenvalue weighted by molar-refractivity contribution is 5.91. The largest absolute Gasteiger partial charge is 0.550 e. The highest BCUT2D eigenvalue weighted by Gasteiger charge is 2.13. The van der Waals surface area contributed by atoms with E-state index < -0.39 is 16.8 Å². The van der Waals surface area contributed by atoms with E-state index in [9.17, 15) is 24.8 Å². The molecular weight excluding hydrogens is 288 g/mol. The van der Waals surface area contributed by atoms with E-state index in [0.29, 0.717) is 12.1 Å². The van der Waals surface area contributed by atoms with Gasteiger partial charge in [-0.05, 0) is 24.8 Å². The Morgan fingerprint density at radius 3 is 2.64 bits per heavy atom. The van der Waals surface area contributed by atoms with Gasteiger partial charge in [0.2, 0.25) is 5.91 Å². The van der Waals surface area contributed by atoms with Crippen LogP contribution in [0.3, 0.4) is 0 Å². The molecule has 7 nitrogen and oxygen atoms in total. The number of non-ortho nitro benzene ring substituents is 1. The van der Waals surface area contributed by atoms with Crippen molar-refractivity contribution in [3.05, 3.63) is 34.4 Å². The summed E-state index contributed by atoms with van der Waals surface area (Å²) >= 11 is 0. The number of carbonyl (C=O) groups excluding carboxylic acids is 2. The van der Waals surface area contributed by atoms with Gasteiger partial charge in [-0.2, -0.15) is 0 Å². The van der Waals surface area contributed by atoms with Crippen molar-refractivity contribution in [2.75, 3.05) is 5.32 Å². The molecule has 7 heteroatoms. The second kappa shape index (κ2) is 8.76. The Bertz CT molecular complexity index is 544. The molecule has 1 N–H and O–H groups in total. The molecule has 1 aromatic rings. The number of unbranched alkanes of at least 4 members (excludes halogenated alkanes) is 1. The molecule has 22 heavy (non-hydrogen) atoms. The summed E-state index contributed by atoms with van der Waals surface area (Å²) in [6.07, 6.45) is 2.37. The lowest BCUT2D eigenvalue weighted by Crippen LogP contribution is -2.32. The molecule has 0 aliphatic heterocycles. The van der Waals surface area contributed by atoms with Crippen LogP contribution in [0.2, 0.25) is 0 Å². The number of carboxylic acids is 1. The highest BCUT2D eigenvalue weighted by Crippen LogP contribution is 2.18. The Hall–Kier alpha value is -2.44. The van der Waals surface area contributed by atoms with E-state index >= 15 is 0 Å². The first-order valence-electron chi connectivity index (χ1n) is 7.19. The number of rotatable bonds is 9. The number of nitro benzene ring substituents is 1. The number of nitrogens with zero attached hydrogens (tertiary/aromatic N) is 1. The third-order valence-electron chi connectivity index (χ3n) is 3.30. The van der Waals surface area contributed by atoms with Gasteiger partial charge in [0.15, 0.2) is 0 Å². The third-order valence-corrected chi connectivity index (χ3v) is 3.30. The van der Waals surface area contributed by atoms with E-state index in [4.69, 9.17) is 0 Å². The van der Waals surface area contributed by atoms with Gasteiger partial charge in [-0.1, -0.05) is 25.8 Å². The molecule has 0 aromatic heterocycles. The minimum atomic E-state index is -1.14. The molecule has 0 saturated heterocycles. The zero-order valence-corrected chi connectivity index (χ0v) is 12.4. The summed E-state index contributed by atoms with van der Waals surface area (Å²) < 4.78 is 0. The molecule has 0 heterocycles. The van der Waals surface area contributed by atoms with Crippen molar-refractivity contribution in [2.45, 2.75) is 39.0 Å². The van der Waals surface area contributed by atoms with Crippen molar-refractivity contribution in [2.24, 2.45) is 5.92 Å². The van der Waals surface area contributed by atoms with Gasteiger partial charge in [-0.25, -0.2) is 0 Å². The third kappa shape index (κ3) is 5.90. The minimum absolute atomic E-state index is 0.0328. The number of carbonyl (C=O) groups is 2. The van der Waals surface area contributed by atoms with Crippen LogP contribution in [-0.2, 0) is 9.59 Å². The number of nitro groups is 1. The number of anilines is 1. The van der Waals surface area contributed by atoms with E-state index in [1.165, 1.54) is 24.3 Å². The van der Waals surface area contributed by atoms with Crippen LogP contribution in [-0.4, -0.2) is 16.8 Å². The van der Waals surface area contributed by atoms with Crippen LogP contribution in [0, 0.1) is 16.0 Å². The summed E-state index contributed by atoms with van der Waals surface area (Å²) in [5, 5.41) is 24.2. The first-order valence-corrected chi connectivity index (χ1v) is 7.19. The molecular formula is C15H19N2O5-. The highest BCUT2D eigenvalue weighted by atomic mass is 16.6. The fourth-order valence-corrected chi connectivity index (χ4v) is 2.06. The lowest BCUT2D eigenvalue weighted by atomic mass is 9.97. The average molecular weight is 307 g/mol. The zero-order valence-electron chi connectivity index (χ0n) is 12.4. The maximum absolute atomic E-state index is 11.8. The number of amides is 1. The average Bonchev–Trinajstić information content (AvgIpc) is 2.47. The Balaban J connectivity index is 2.53. The molecule has 0 aliphatic rings. The predicted octanol–water partition coefficient (Wildman–Crippen LogP) is 1.87. The summed E-state index contributed by atoms with van der Waals surface area (Å²) in [6, 6.07) is 5.59. The first-order chi connectivity index (χ1) is 10.4. The lowest BCUT2D eigenvalue weighted by Gasteiger charge is -2.17. The molecule has 1 amide bonds. The molecule has 0 saturated carbocycles. The lowest BCUT2D eigenvalue weighted by molar-refractivity contribution is -0.384. The van der Waals surface area contributed by atoms with Gasteiger partial charge in [0.05, 0.1) is 4.92 Å². The molecule has 0 unspecified atom stereocenters. The maximum atomic E-state index is 11.8. The topological polar surface area (TPSA) is 112 Å². The Labute approximate surface area is 128 Å². The first kappa shape index (κ1) is 17.6. The summed E-state index contributed by atoms with van der Waals surface area (Å²) in [5.74, 6) is -2.16. The Morgan fingerprint density at radius 1 is 1.32 bits per heavy atom. The van der Waals surface area contributed by atoms with Crippen molar-refractivity contribution in [1.82, 2.24) is 0 Å². The molecule has 1 rings (SSSR count). The van der Waals surface area contributed by atoms with Crippen molar-refractivity contribution < 1.29 is 19.6 Å². The van der Waals surface area contributed by atoms with Crippen LogP contribution in [0.5, 0.6) is 0 Å². The van der Waals surface area contributed by atoms with Gasteiger partial charge in [-0.3, -0.25) is 14.9 Å². The summed E-state index contributed by atoms with van der Waals surface area (Å²) in [5.41, 5.74) is 0.200. The number of hydrogen-bond acceptors (Lipinski definition) is 5. The van der Waals surface area contributed by atoms with Gasteiger partial charge < -0.3 is 15.2 Å². The van der Waals surface area contributed by atoms with Gasteiger partial charge in [0.1, 0.15) is 0 Å². The van der Waals surface area contributed by atoms with Gasteiger partial charge >= 0.3 is 0 Å². The van der Waals surface area contributed by atoms with Crippen LogP contribution in [0.25, 0.3) is 0 Å². The standard InChI is InChI=1S/C15H20N2O5/c1-2-3-5-11(15(19)20)8-9-14(18)16-12-6-4-7-13(10-12)17(21)22/h4,6-7,10-11H,2-3,5,8-9H2,1H3,(H,16,18)(H,19,20)/p-1/t11-/m0/s1. The second-order valence-electron chi connectivity index (χ2n) is 5.05. The maximum Gasteiger partial charge on any atom is 0.271 e. The summed E-state index contributed by atoms with van der Waals surface area (Å²) in [4.78, 5) is 32.9. The van der Waals surface area contributed by atoms with Crippen molar-refractivity contribution in [3.8, 4) is 0 Å². The number of hydrogen-bond donors (Lipinski definition) is 1. The van der Waals surface area contributed by atoms with Crippen LogP contribution in [0.1, 0.15) is 39.0 Å². The van der Waals surface area contributed by atoms with Gasteiger partial charge in [-0.15, -0.1) is 0 Å². The van der Waals surface area contributed by atoms with Crippen molar-refractivity contribution in [3.63, 3.8) is 0 Å². The second-order valence-corrected chi connectivity index (χ2v) is 5.05. The predicted molar refractivity (Wildman–Crippen MR) is 79.0 cm³/mol. The smallest absolute Gasteiger partial charge is 0.271 e. The van der Waals surface area contributed by atoms with Crippen LogP contribution in [0.4, 0.5) is 11.4 Å². The number of nitrogens with one attached hydrogen (secondary N) is 1. The quantitative estimate of drug-likeness (QED) is 0.552. The zero-order chi connectivity index (χ0) is 16.5. The van der Waals surface area contributed by atoms with Crippen LogP contribution >= 0.6 is 0 Å². The molecule has 1 atom stereocenters. The van der Waals surface area contributed by atoms with E-state index in [-0.39, 0.29) is 24.4 Å². The fraction of sp³-hybridized carbons (Fsp3) is 0.467. The normalized spacial score (nSPS) is 11.7. The number of aliphatic carboxylic acids is 1. The van der Waals surface area contributed by atoms with Crippen LogP contribution < -0.4 is 10.4 Å². The van der Waals surface area contributed by atoms with E-state index in [0.717, 1.165) is 12.8 Å². The van der Waals surface area contributed by atoms with Crippen LogP contribution in [0.15, 0.2) is 24.3 Å². The number of carboxylic acid groups (broad SMARTS) is 1. The molecule has 0 spiro atoms. The van der Waals surface area contributed by atoms with Gasteiger partial charge in [0, 0.05) is 30.2 Å². The molecule has 0 bridgehead atoms. The molecule has 0 fully saturated rings.